The van der Waals surface area contributed by atoms with Gasteiger partial charge in [-0.25, -0.2) is 8.78 Å². The molecule has 2 saturated carbocycles. The molecule has 2 unspecified atom stereocenters. The summed E-state index contributed by atoms with van der Waals surface area (Å²) in [5.74, 6) is -5.52. The number of aliphatic hydroxyl groups is 1. The third-order valence-corrected chi connectivity index (χ3v) is 12.0. The molecule has 250 valence electrons. The van der Waals surface area contributed by atoms with Gasteiger partial charge >= 0.3 is 12.3 Å². The topological polar surface area (TPSA) is 73.7 Å². The van der Waals surface area contributed by atoms with E-state index < -0.39 is 29.3 Å². The Morgan fingerprint density at radius 3 is 2.47 bits per heavy atom. The molecule has 5 atom stereocenters. The van der Waals surface area contributed by atoms with E-state index in [0.717, 1.165) is 47.6 Å². The summed E-state index contributed by atoms with van der Waals surface area (Å²) in [5, 5.41) is 11.6. The van der Waals surface area contributed by atoms with Crippen LogP contribution in [0.3, 0.4) is 0 Å². The molecule has 5 aliphatic rings. The molecule has 1 aromatic carbocycles. The van der Waals surface area contributed by atoms with Crippen LogP contribution in [-0.2, 0) is 11.3 Å². The molecule has 0 bridgehead atoms. The number of amides is 1. The van der Waals surface area contributed by atoms with E-state index >= 15 is 8.78 Å². The molecular formula is C37H41F4N3O3. The normalized spacial score (nSPS) is 31.4. The summed E-state index contributed by atoms with van der Waals surface area (Å²) in [4.78, 5) is 34.3. The van der Waals surface area contributed by atoms with Gasteiger partial charge in [0.1, 0.15) is 5.60 Å². The van der Waals surface area contributed by atoms with Crippen molar-refractivity contribution < 1.29 is 32.3 Å². The minimum Gasteiger partial charge on any atom is -0.383 e. The van der Waals surface area contributed by atoms with Crippen LogP contribution in [0.25, 0.3) is 0 Å². The highest BCUT2D eigenvalue weighted by molar-refractivity contribution is 5.94. The average molecular weight is 652 g/mol. The van der Waals surface area contributed by atoms with Gasteiger partial charge in [0.15, 0.2) is 5.78 Å². The number of pyridine rings is 1. The number of fused-ring (bicyclic) bond motifs is 4. The van der Waals surface area contributed by atoms with Crippen LogP contribution in [0.2, 0.25) is 0 Å². The predicted octanol–water partition coefficient (Wildman–Crippen LogP) is 6.57. The highest BCUT2D eigenvalue weighted by Gasteiger charge is 2.74. The van der Waals surface area contributed by atoms with Crippen molar-refractivity contribution in [1.29, 1.82) is 0 Å². The van der Waals surface area contributed by atoms with Crippen molar-refractivity contribution in [2.75, 3.05) is 26.2 Å². The zero-order valence-electron chi connectivity index (χ0n) is 26.6. The summed E-state index contributed by atoms with van der Waals surface area (Å²) in [6.45, 7) is 4.92. The molecule has 1 amide bonds. The lowest BCUT2D eigenvalue weighted by Crippen LogP contribution is -2.62. The Balaban J connectivity index is 1.17. The number of alkyl halides is 4. The first-order valence-electron chi connectivity index (χ1n) is 16.8. The second-order valence-corrected chi connectivity index (χ2v) is 14.3. The maximum atomic E-state index is 15.3. The Morgan fingerprint density at radius 1 is 1.04 bits per heavy atom. The second kappa shape index (κ2) is 11.9. The number of benzene rings is 1. The van der Waals surface area contributed by atoms with E-state index in [9.17, 15) is 23.5 Å². The third-order valence-electron chi connectivity index (χ3n) is 12.0. The third kappa shape index (κ3) is 5.26. The number of hydrogen-bond acceptors (Lipinski definition) is 5. The molecule has 3 fully saturated rings. The predicted molar refractivity (Wildman–Crippen MR) is 168 cm³/mol. The fourth-order valence-electron chi connectivity index (χ4n) is 9.56. The summed E-state index contributed by atoms with van der Waals surface area (Å²) in [7, 11) is 0. The number of rotatable bonds is 6. The van der Waals surface area contributed by atoms with Crippen LogP contribution >= 0.6 is 0 Å². The van der Waals surface area contributed by atoms with Gasteiger partial charge in [-0.3, -0.25) is 19.5 Å². The quantitative estimate of drug-likeness (QED) is 0.358. The van der Waals surface area contributed by atoms with Gasteiger partial charge in [-0.1, -0.05) is 30.7 Å². The Labute approximate surface area is 272 Å². The van der Waals surface area contributed by atoms with Crippen LogP contribution in [0.5, 0.6) is 0 Å². The van der Waals surface area contributed by atoms with Gasteiger partial charge in [0, 0.05) is 62.2 Å². The highest BCUT2D eigenvalue weighted by atomic mass is 19.3. The van der Waals surface area contributed by atoms with E-state index in [1.165, 1.54) is 0 Å². The van der Waals surface area contributed by atoms with Crippen molar-refractivity contribution in [1.82, 2.24) is 14.8 Å². The van der Waals surface area contributed by atoms with Gasteiger partial charge in [0.2, 0.25) is 0 Å². The minimum atomic E-state index is -4.55. The molecule has 2 heterocycles. The molecule has 10 heteroatoms. The van der Waals surface area contributed by atoms with Crippen LogP contribution in [0.4, 0.5) is 17.6 Å². The SMILES string of the molecule is CC12C[C@H](c3ccc(C(=O)N4CCN(Cc5ccccn5)CC4)cc3)C3=C4CCC(=O)C=C4CCC3[C@@H]1CC[C@@]2(O)C(F)(F)C(F)F. The molecule has 1 aromatic heterocycles. The smallest absolute Gasteiger partial charge is 0.335 e. The molecule has 1 saturated heterocycles. The first-order chi connectivity index (χ1) is 22.4. The Hall–Kier alpha value is -3.37. The van der Waals surface area contributed by atoms with Crippen molar-refractivity contribution >= 4 is 11.7 Å². The number of piperazine rings is 1. The summed E-state index contributed by atoms with van der Waals surface area (Å²) in [6, 6.07) is 13.1. The van der Waals surface area contributed by atoms with E-state index in [2.05, 4.69) is 9.88 Å². The van der Waals surface area contributed by atoms with Crippen molar-refractivity contribution in [2.45, 2.75) is 82.3 Å². The van der Waals surface area contributed by atoms with Crippen molar-refractivity contribution in [3.05, 3.63) is 88.3 Å². The summed E-state index contributed by atoms with van der Waals surface area (Å²) in [6.07, 6.45) is 1.62. The van der Waals surface area contributed by atoms with Crippen molar-refractivity contribution in [3.63, 3.8) is 0 Å². The average Bonchev–Trinajstić information content (AvgIpc) is 3.36. The molecule has 6 nitrogen and oxygen atoms in total. The number of hydrogen-bond donors (Lipinski definition) is 1. The second-order valence-electron chi connectivity index (χ2n) is 14.3. The molecule has 2 aromatic rings. The highest BCUT2D eigenvalue weighted by Crippen LogP contribution is 2.69. The lowest BCUT2D eigenvalue weighted by Gasteiger charge is -2.56. The van der Waals surface area contributed by atoms with Gasteiger partial charge in [-0.15, -0.1) is 0 Å². The van der Waals surface area contributed by atoms with Crippen LogP contribution in [0.1, 0.15) is 79.4 Å². The van der Waals surface area contributed by atoms with E-state index in [1.54, 1.807) is 31.3 Å². The zero-order chi connectivity index (χ0) is 33.1. The molecule has 4 aliphatic carbocycles. The Kier molecular flexibility index (Phi) is 8.18. The lowest BCUT2D eigenvalue weighted by molar-refractivity contribution is -0.282. The molecular weight excluding hydrogens is 610 g/mol. The molecule has 0 radical (unpaired) electrons. The summed E-state index contributed by atoms with van der Waals surface area (Å²) >= 11 is 0. The van der Waals surface area contributed by atoms with E-state index in [4.69, 9.17) is 0 Å². The number of allylic oxidation sites excluding steroid dienone is 4. The first kappa shape index (κ1) is 32.2. The monoisotopic (exact) mass is 651 g/mol. The first-order valence-corrected chi connectivity index (χ1v) is 16.8. The number of carbonyl (C=O) groups is 2. The number of aromatic nitrogens is 1. The number of halogens is 4. The maximum Gasteiger partial charge on any atom is 0.335 e. The Morgan fingerprint density at radius 2 is 1.79 bits per heavy atom. The molecule has 1 aliphatic heterocycles. The number of carbonyl (C=O) groups excluding carboxylic acids is 2. The van der Waals surface area contributed by atoms with E-state index in [1.807, 2.05) is 35.2 Å². The van der Waals surface area contributed by atoms with Gasteiger partial charge in [-0.05, 0) is 97.4 Å². The molecule has 7 rings (SSSR count). The van der Waals surface area contributed by atoms with Crippen LogP contribution in [0.15, 0.2) is 71.5 Å². The molecule has 47 heavy (non-hydrogen) atoms. The maximum absolute atomic E-state index is 15.3. The van der Waals surface area contributed by atoms with Crippen molar-refractivity contribution in [2.24, 2.45) is 17.3 Å². The van der Waals surface area contributed by atoms with E-state index in [0.29, 0.717) is 44.3 Å². The zero-order valence-corrected chi connectivity index (χ0v) is 26.6. The van der Waals surface area contributed by atoms with Gasteiger partial charge in [0.25, 0.3) is 5.91 Å². The molecule has 0 spiro atoms. The summed E-state index contributed by atoms with van der Waals surface area (Å²) < 4.78 is 58.2. The van der Waals surface area contributed by atoms with E-state index in [-0.39, 0.29) is 42.8 Å². The largest absolute Gasteiger partial charge is 0.383 e. The van der Waals surface area contributed by atoms with Gasteiger partial charge in [-0.2, -0.15) is 8.78 Å². The standard InChI is InChI=1S/C37H41F4N3O3/c1-35-21-30(23-5-7-24(8-6-23)33(46)44-18-16-43(17-19-44)22-26-4-2-3-15-42-26)32-28-12-10-27(45)20-25(28)9-11-29(32)31(35)13-14-36(35,47)37(40,41)34(38)39/h2-8,15,20,29-31,34,47H,9-14,16-19,21-22H2,1H3/t29?,30-,31+,35?,36+/m1/s1. The Bertz CT molecular complexity index is 1600. The van der Waals surface area contributed by atoms with Crippen LogP contribution in [-0.4, -0.2) is 75.7 Å². The van der Waals surface area contributed by atoms with Gasteiger partial charge < -0.3 is 10.0 Å². The lowest BCUT2D eigenvalue weighted by atomic mass is 9.50. The fraction of sp³-hybridized carbons (Fsp3) is 0.541. The fourth-order valence-corrected chi connectivity index (χ4v) is 9.56. The summed E-state index contributed by atoms with van der Waals surface area (Å²) in [5.41, 5.74) is 1.19. The van der Waals surface area contributed by atoms with Crippen LogP contribution in [0, 0.1) is 17.3 Å². The number of ketones is 1. The van der Waals surface area contributed by atoms with Crippen LogP contribution < -0.4 is 0 Å². The van der Waals surface area contributed by atoms with Gasteiger partial charge in [0.05, 0.1) is 5.69 Å². The number of nitrogens with zero attached hydrogens (tertiary/aromatic N) is 3. The molecule has 1 N–H and O–H groups in total. The van der Waals surface area contributed by atoms with Crippen molar-refractivity contribution in [3.8, 4) is 0 Å². The minimum absolute atomic E-state index is 0.0762.